The van der Waals surface area contributed by atoms with Crippen LogP contribution in [0.15, 0.2) is 48.9 Å². The molecule has 3 aromatic rings. The monoisotopic (exact) mass is 319 g/mol. The molecule has 2 heterocycles. The van der Waals surface area contributed by atoms with E-state index in [9.17, 15) is 4.39 Å². The van der Waals surface area contributed by atoms with Gasteiger partial charge in [-0.2, -0.15) is 0 Å². The Hall–Kier alpha value is -2.07. The average Bonchev–Trinajstić information content (AvgIpc) is 2.83. The van der Waals surface area contributed by atoms with Crippen LogP contribution in [0.2, 0.25) is 0 Å². The van der Waals surface area contributed by atoms with Gasteiger partial charge in [0.25, 0.3) is 0 Å². The zero-order valence-electron chi connectivity index (χ0n) is 12.7. The quantitative estimate of drug-likeness (QED) is 0.701. The van der Waals surface area contributed by atoms with E-state index < -0.39 is 0 Å². The fourth-order valence-corrected chi connectivity index (χ4v) is 2.66. The minimum atomic E-state index is -0.304. The van der Waals surface area contributed by atoms with Crippen molar-refractivity contribution in [3.63, 3.8) is 0 Å². The minimum absolute atomic E-state index is 0. The molecule has 3 rings (SSSR count). The second-order valence-electron chi connectivity index (χ2n) is 5.12. The highest BCUT2D eigenvalue weighted by Crippen LogP contribution is 2.26. The lowest BCUT2D eigenvalue weighted by molar-refractivity contribution is 0.596. The summed E-state index contributed by atoms with van der Waals surface area (Å²) in [6.07, 6.45) is 5.86. The number of hydrogen-bond acceptors (Lipinski definition) is 2. The standard InChI is InChI=1S/C17H18FN3.ClH/c1-3-10-20(17-8-9-19-11-15(17)18)21-12-13(2)14-6-4-5-7-16(14)21;/h4-9,11-12H,3,10H2,1-2H3;1H. The Morgan fingerprint density at radius 2 is 2.00 bits per heavy atom. The first-order valence-electron chi connectivity index (χ1n) is 7.16. The number of benzene rings is 1. The number of halogens is 2. The Balaban J connectivity index is 0.00000176. The first-order valence-corrected chi connectivity index (χ1v) is 7.16. The van der Waals surface area contributed by atoms with Gasteiger partial charge in [0.2, 0.25) is 0 Å². The Morgan fingerprint density at radius 3 is 2.73 bits per heavy atom. The molecular formula is C17H19ClFN3. The molecule has 1 aromatic carbocycles. The number of anilines is 1. The third-order valence-corrected chi connectivity index (χ3v) is 3.62. The van der Waals surface area contributed by atoms with E-state index in [0.717, 1.165) is 18.5 Å². The predicted molar refractivity (Wildman–Crippen MR) is 91.2 cm³/mol. The van der Waals surface area contributed by atoms with Gasteiger partial charge in [0, 0.05) is 24.3 Å². The number of aromatic nitrogens is 2. The molecule has 0 aliphatic carbocycles. The number of fused-ring (bicyclic) bond motifs is 1. The number of hydrogen-bond donors (Lipinski definition) is 0. The van der Waals surface area contributed by atoms with Crippen LogP contribution in [-0.4, -0.2) is 16.2 Å². The van der Waals surface area contributed by atoms with Gasteiger partial charge in [0.1, 0.15) is 0 Å². The molecule has 3 nitrogen and oxygen atoms in total. The third-order valence-electron chi connectivity index (χ3n) is 3.62. The molecule has 0 N–H and O–H groups in total. The van der Waals surface area contributed by atoms with Gasteiger partial charge in [-0.3, -0.25) is 14.7 Å². The summed E-state index contributed by atoms with van der Waals surface area (Å²) in [6, 6.07) is 9.90. The van der Waals surface area contributed by atoms with Crippen LogP contribution in [0.25, 0.3) is 10.9 Å². The lowest BCUT2D eigenvalue weighted by atomic mass is 10.2. The first-order chi connectivity index (χ1) is 10.2. The van der Waals surface area contributed by atoms with Crippen LogP contribution in [0.3, 0.4) is 0 Å². The lowest BCUT2D eigenvalue weighted by Gasteiger charge is -2.26. The van der Waals surface area contributed by atoms with E-state index in [2.05, 4.69) is 37.2 Å². The van der Waals surface area contributed by atoms with Crippen LogP contribution < -0.4 is 5.01 Å². The topological polar surface area (TPSA) is 21.1 Å². The normalized spacial score (nSPS) is 10.5. The maximum Gasteiger partial charge on any atom is 0.166 e. The summed E-state index contributed by atoms with van der Waals surface area (Å²) in [5.74, 6) is -0.304. The fraction of sp³-hybridized carbons (Fsp3) is 0.235. The number of pyridine rings is 1. The van der Waals surface area contributed by atoms with Crippen molar-refractivity contribution in [2.24, 2.45) is 0 Å². The summed E-state index contributed by atoms with van der Waals surface area (Å²) in [4.78, 5) is 3.84. The second kappa shape index (κ2) is 6.79. The Kier molecular flexibility index (Phi) is 5.03. The van der Waals surface area contributed by atoms with E-state index in [4.69, 9.17) is 0 Å². The highest BCUT2D eigenvalue weighted by molar-refractivity contribution is 5.85. The van der Waals surface area contributed by atoms with Gasteiger partial charge in [-0.05, 0) is 31.0 Å². The van der Waals surface area contributed by atoms with E-state index in [1.54, 1.807) is 12.3 Å². The van der Waals surface area contributed by atoms with E-state index >= 15 is 0 Å². The molecule has 0 unspecified atom stereocenters. The van der Waals surface area contributed by atoms with Gasteiger partial charge in [-0.15, -0.1) is 12.4 Å². The molecule has 0 amide bonds. The summed E-state index contributed by atoms with van der Waals surface area (Å²) in [6.45, 7) is 4.90. The maximum atomic E-state index is 14.1. The Morgan fingerprint density at radius 1 is 1.23 bits per heavy atom. The van der Waals surface area contributed by atoms with Crippen molar-refractivity contribution in [1.82, 2.24) is 9.66 Å². The van der Waals surface area contributed by atoms with Gasteiger partial charge in [0.05, 0.1) is 17.4 Å². The molecule has 0 atom stereocenters. The van der Waals surface area contributed by atoms with Crippen LogP contribution in [-0.2, 0) is 0 Å². The largest absolute Gasteiger partial charge is 0.278 e. The molecule has 0 fully saturated rings. The highest BCUT2D eigenvalue weighted by atomic mass is 35.5. The molecular weight excluding hydrogens is 301 g/mol. The van der Waals surface area contributed by atoms with Crippen LogP contribution in [0, 0.1) is 12.7 Å². The van der Waals surface area contributed by atoms with Crippen molar-refractivity contribution in [2.75, 3.05) is 11.6 Å². The van der Waals surface area contributed by atoms with Gasteiger partial charge >= 0.3 is 0 Å². The van der Waals surface area contributed by atoms with Crippen LogP contribution in [0.4, 0.5) is 10.1 Å². The lowest BCUT2D eigenvalue weighted by Crippen LogP contribution is -2.30. The average molecular weight is 320 g/mol. The first kappa shape index (κ1) is 16.3. The maximum absolute atomic E-state index is 14.1. The third kappa shape index (κ3) is 2.79. The van der Waals surface area contributed by atoms with E-state index in [-0.39, 0.29) is 18.2 Å². The van der Waals surface area contributed by atoms with E-state index in [0.29, 0.717) is 5.69 Å². The van der Waals surface area contributed by atoms with Gasteiger partial charge < -0.3 is 0 Å². The number of nitrogens with zero attached hydrogens (tertiary/aromatic N) is 3. The van der Waals surface area contributed by atoms with Crippen LogP contribution in [0.5, 0.6) is 0 Å². The van der Waals surface area contributed by atoms with Gasteiger partial charge in [-0.1, -0.05) is 25.1 Å². The van der Waals surface area contributed by atoms with Crippen molar-refractivity contribution in [1.29, 1.82) is 0 Å². The molecule has 5 heteroatoms. The van der Waals surface area contributed by atoms with E-state index in [1.165, 1.54) is 17.1 Å². The molecule has 0 aliphatic heterocycles. The molecule has 0 saturated heterocycles. The number of rotatable bonds is 4. The smallest absolute Gasteiger partial charge is 0.166 e. The molecule has 22 heavy (non-hydrogen) atoms. The van der Waals surface area contributed by atoms with Crippen molar-refractivity contribution in [3.8, 4) is 0 Å². The highest BCUT2D eigenvalue weighted by Gasteiger charge is 2.15. The summed E-state index contributed by atoms with van der Waals surface area (Å²) < 4.78 is 16.2. The van der Waals surface area contributed by atoms with Crippen molar-refractivity contribution in [2.45, 2.75) is 20.3 Å². The van der Waals surface area contributed by atoms with Gasteiger partial charge in [0.15, 0.2) is 5.82 Å². The van der Waals surface area contributed by atoms with Crippen molar-refractivity contribution < 1.29 is 4.39 Å². The molecule has 0 spiro atoms. The van der Waals surface area contributed by atoms with Crippen LogP contribution >= 0.6 is 12.4 Å². The summed E-state index contributed by atoms with van der Waals surface area (Å²) in [5, 5.41) is 3.15. The molecule has 0 aliphatic rings. The summed E-state index contributed by atoms with van der Waals surface area (Å²) in [7, 11) is 0. The van der Waals surface area contributed by atoms with Gasteiger partial charge in [-0.25, -0.2) is 4.39 Å². The number of para-hydroxylation sites is 1. The van der Waals surface area contributed by atoms with Crippen molar-refractivity contribution in [3.05, 3.63) is 60.3 Å². The summed E-state index contributed by atoms with van der Waals surface area (Å²) in [5.41, 5.74) is 2.81. The fourth-order valence-electron chi connectivity index (χ4n) is 2.66. The van der Waals surface area contributed by atoms with E-state index in [1.807, 2.05) is 21.8 Å². The zero-order chi connectivity index (χ0) is 14.8. The predicted octanol–water partition coefficient (Wildman–Crippen LogP) is 4.59. The molecule has 0 radical (unpaired) electrons. The zero-order valence-corrected chi connectivity index (χ0v) is 13.5. The summed E-state index contributed by atoms with van der Waals surface area (Å²) >= 11 is 0. The molecule has 116 valence electrons. The second-order valence-corrected chi connectivity index (χ2v) is 5.12. The molecule has 0 bridgehead atoms. The minimum Gasteiger partial charge on any atom is -0.278 e. The Labute approximate surface area is 135 Å². The SMILES string of the molecule is CCCN(c1ccncc1F)n1cc(C)c2ccccc21.Cl. The molecule has 0 saturated carbocycles. The van der Waals surface area contributed by atoms with Crippen LogP contribution in [0.1, 0.15) is 18.9 Å². The Bertz CT molecular complexity index is 769. The van der Waals surface area contributed by atoms with Crippen molar-refractivity contribution >= 4 is 29.0 Å². The molecule has 2 aromatic heterocycles. The number of aryl methyl sites for hydroxylation is 1.